The van der Waals surface area contributed by atoms with Gasteiger partial charge in [0.1, 0.15) is 11.6 Å². The Balaban J connectivity index is 1.16. The van der Waals surface area contributed by atoms with Crippen LogP contribution in [-0.2, 0) is 0 Å². The first-order valence-corrected chi connectivity index (χ1v) is 12.2. The summed E-state index contributed by atoms with van der Waals surface area (Å²) in [5.41, 5.74) is 0.762. The molecule has 166 valence electrons. The van der Waals surface area contributed by atoms with Crippen molar-refractivity contribution in [3.63, 3.8) is 0 Å². The van der Waals surface area contributed by atoms with Gasteiger partial charge in [0.05, 0.1) is 6.61 Å². The fourth-order valence-electron chi connectivity index (χ4n) is 4.18. The number of nitrogens with zero attached hydrogens (tertiary/aromatic N) is 3. The summed E-state index contributed by atoms with van der Waals surface area (Å²) < 4.78 is 19.1. The lowest BCUT2D eigenvalue weighted by Crippen LogP contribution is -2.41. The molecular formula is C24H30FN3O2S. The number of hydrogen-bond donors (Lipinski definition) is 0. The van der Waals surface area contributed by atoms with Crippen molar-refractivity contribution in [2.75, 3.05) is 57.0 Å². The molecule has 5 nitrogen and oxygen atoms in total. The van der Waals surface area contributed by atoms with Gasteiger partial charge in [0, 0.05) is 36.8 Å². The van der Waals surface area contributed by atoms with E-state index in [1.165, 1.54) is 17.0 Å². The lowest BCUT2D eigenvalue weighted by molar-refractivity contribution is 0.133. The lowest BCUT2D eigenvalue weighted by atomic mass is 9.98. The van der Waals surface area contributed by atoms with Gasteiger partial charge in [-0.3, -0.25) is 4.90 Å². The van der Waals surface area contributed by atoms with Crippen molar-refractivity contribution in [1.29, 1.82) is 0 Å². The molecule has 2 aliphatic heterocycles. The van der Waals surface area contributed by atoms with Gasteiger partial charge >= 0.3 is 6.03 Å². The number of urea groups is 1. The molecule has 0 aromatic heterocycles. The van der Waals surface area contributed by atoms with Crippen LogP contribution in [0.4, 0.5) is 14.9 Å². The van der Waals surface area contributed by atoms with Crippen LogP contribution in [0.25, 0.3) is 0 Å². The predicted octanol–water partition coefficient (Wildman–Crippen LogP) is 4.58. The average Bonchev–Trinajstić information content (AvgIpc) is 3.18. The molecule has 2 amide bonds. The Morgan fingerprint density at radius 1 is 0.968 bits per heavy atom. The predicted molar refractivity (Wildman–Crippen MR) is 124 cm³/mol. The van der Waals surface area contributed by atoms with Gasteiger partial charge in [-0.05, 0) is 86.6 Å². The number of amides is 2. The highest BCUT2D eigenvalue weighted by Crippen LogP contribution is 2.23. The third-order valence-electron chi connectivity index (χ3n) is 6.17. The highest BCUT2D eigenvalue weighted by atomic mass is 32.2. The average molecular weight is 444 g/mol. The van der Waals surface area contributed by atoms with Crippen molar-refractivity contribution in [3.05, 3.63) is 54.3 Å². The van der Waals surface area contributed by atoms with Gasteiger partial charge in [-0.25, -0.2) is 9.18 Å². The number of thioether (sulfide) groups is 1. The molecule has 0 bridgehead atoms. The summed E-state index contributed by atoms with van der Waals surface area (Å²) in [6.07, 6.45) is 4.32. The van der Waals surface area contributed by atoms with E-state index in [4.69, 9.17) is 4.74 Å². The van der Waals surface area contributed by atoms with E-state index in [2.05, 4.69) is 23.3 Å². The Morgan fingerprint density at radius 3 is 2.35 bits per heavy atom. The number of carbonyl (C=O) groups excluding carboxylic acids is 1. The number of hydrogen-bond acceptors (Lipinski definition) is 4. The zero-order valence-electron chi connectivity index (χ0n) is 18.0. The maximum atomic E-state index is 13.1. The molecule has 0 spiro atoms. The van der Waals surface area contributed by atoms with Gasteiger partial charge in [0.2, 0.25) is 0 Å². The van der Waals surface area contributed by atoms with Gasteiger partial charge in [-0.1, -0.05) is 0 Å². The SMILES string of the molecule is CSc1ccc(OCC2CCN(CCN3CCN(c4ccc(F)cc4)C3=O)CC2)cc1. The minimum absolute atomic E-state index is 0.0161. The molecule has 2 fully saturated rings. The molecule has 0 unspecified atom stereocenters. The first kappa shape index (κ1) is 22.0. The largest absolute Gasteiger partial charge is 0.493 e. The molecule has 0 saturated carbocycles. The van der Waals surface area contributed by atoms with E-state index in [1.807, 2.05) is 17.0 Å². The second-order valence-electron chi connectivity index (χ2n) is 8.17. The molecule has 2 aliphatic rings. The second kappa shape index (κ2) is 10.4. The van der Waals surface area contributed by atoms with E-state index in [0.29, 0.717) is 12.5 Å². The zero-order valence-corrected chi connectivity index (χ0v) is 18.8. The van der Waals surface area contributed by atoms with Crippen LogP contribution >= 0.6 is 11.8 Å². The number of anilines is 1. The number of halogens is 1. The minimum atomic E-state index is -0.283. The van der Waals surface area contributed by atoms with Crippen molar-refractivity contribution < 1.29 is 13.9 Å². The Hall–Kier alpha value is -2.25. The topological polar surface area (TPSA) is 36.0 Å². The Bertz CT molecular complexity index is 854. The van der Waals surface area contributed by atoms with Gasteiger partial charge < -0.3 is 14.5 Å². The summed E-state index contributed by atoms with van der Waals surface area (Å²) >= 11 is 1.74. The third-order valence-corrected chi connectivity index (χ3v) is 6.92. The molecular weight excluding hydrogens is 413 g/mol. The number of rotatable bonds is 8. The fourth-order valence-corrected chi connectivity index (χ4v) is 4.58. The van der Waals surface area contributed by atoms with Crippen molar-refractivity contribution >= 4 is 23.5 Å². The van der Waals surface area contributed by atoms with Crippen LogP contribution < -0.4 is 9.64 Å². The quantitative estimate of drug-likeness (QED) is 0.560. The number of benzene rings is 2. The monoisotopic (exact) mass is 443 g/mol. The molecule has 0 radical (unpaired) electrons. The Kier molecular flexibility index (Phi) is 7.35. The van der Waals surface area contributed by atoms with Crippen molar-refractivity contribution in [1.82, 2.24) is 9.80 Å². The molecule has 4 rings (SSSR count). The number of likely N-dealkylation sites (tertiary alicyclic amines) is 1. The van der Waals surface area contributed by atoms with E-state index in [0.717, 1.165) is 63.6 Å². The van der Waals surface area contributed by atoms with Crippen LogP contribution in [0.5, 0.6) is 5.75 Å². The summed E-state index contributed by atoms with van der Waals surface area (Å²) in [4.78, 5) is 20.0. The Morgan fingerprint density at radius 2 is 1.68 bits per heavy atom. The van der Waals surface area contributed by atoms with E-state index >= 15 is 0 Å². The molecule has 31 heavy (non-hydrogen) atoms. The summed E-state index contributed by atoms with van der Waals surface area (Å²) in [7, 11) is 0. The zero-order chi connectivity index (χ0) is 21.6. The van der Waals surface area contributed by atoms with Crippen LogP contribution in [0.1, 0.15) is 12.8 Å². The van der Waals surface area contributed by atoms with Gasteiger partial charge in [0.25, 0.3) is 0 Å². The number of carbonyl (C=O) groups is 1. The summed E-state index contributed by atoms with van der Waals surface area (Å²) in [5, 5.41) is 0. The van der Waals surface area contributed by atoms with Gasteiger partial charge in [-0.15, -0.1) is 11.8 Å². The van der Waals surface area contributed by atoms with Crippen LogP contribution in [0, 0.1) is 11.7 Å². The molecule has 2 heterocycles. The molecule has 0 N–H and O–H groups in total. The second-order valence-corrected chi connectivity index (χ2v) is 9.05. The van der Waals surface area contributed by atoms with Crippen LogP contribution in [0.15, 0.2) is 53.4 Å². The highest BCUT2D eigenvalue weighted by Gasteiger charge is 2.30. The Labute approximate surface area is 188 Å². The molecule has 0 atom stereocenters. The van der Waals surface area contributed by atoms with Crippen LogP contribution in [0.3, 0.4) is 0 Å². The summed E-state index contributed by atoms with van der Waals surface area (Å²) in [5.74, 6) is 1.24. The van der Waals surface area contributed by atoms with Crippen LogP contribution in [0.2, 0.25) is 0 Å². The third kappa shape index (κ3) is 5.71. The maximum Gasteiger partial charge on any atom is 0.324 e. The first-order chi connectivity index (χ1) is 15.1. The number of piperidine rings is 1. The standard InChI is InChI=1S/C24H30FN3O2S/c1-31-23-8-6-22(7-9-23)30-18-19-10-12-26(13-11-19)14-15-27-16-17-28(24(27)29)21-4-2-20(25)3-5-21/h2-9,19H,10-18H2,1H3. The molecule has 7 heteroatoms. The van der Waals surface area contributed by atoms with E-state index in [1.54, 1.807) is 28.8 Å². The molecule has 2 saturated heterocycles. The van der Waals surface area contributed by atoms with Crippen molar-refractivity contribution in [2.45, 2.75) is 17.7 Å². The van der Waals surface area contributed by atoms with Crippen molar-refractivity contribution in [2.24, 2.45) is 5.92 Å². The van der Waals surface area contributed by atoms with Crippen molar-refractivity contribution in [3.8, 4) is 5.75 Å². The maximum absolute atomic E-state index is 13.1. The molecule has 2 aromatic carbocycles. The minimum Gasteiger partial charge on any atom is -0.493 e. The highest BCUT2D eigenvalue weighted by molar-refractivity contribution is 7.98. The molecule has 0 aliphatic carbocycles. The summed E-state index contributed by atoms with van der Waals surface area (Å²) in [6.45, 7) is 5.86. The fraction of sp³-hybridized carbons (Fsp3) is 0.458. The van der Waals surface area contributed by atoms with Gasteiger partial charge in [-0.2, -0.15) is 0 Å². The lowest BCUT2D eigenvalue weighted by Gasteiger charge is -2.32. The normalized spacial score (nSPS) is 18.1. The number of ether oxygens (including phenoxy) is 1. The first-order valence-electron chi connectivity index (χ1n) is 10.9. The van der Waals surface area contributed by atoms with E-state index in [9.17, 15) is 9.18 Å². The van der Waals surface area contributed by atoms with E-state index < -0.39 is 0 Å². The van der Waals surface area contributed by atoms with E-state index in [-0.39, 0.29) is 11.8 Å². The van der Waals surface area contributed by atoms with Crippen LogP contribution in [-0.4, -0.2) is 68.0 Å². The van der Waals surface area contributed by atoms with Gasteiger partial charge in [0.15, 0.2) is 0 Å². The smallest absolute Gasteiger partial charge is 0.324 e. The molecule has 2 aromatic rings. The summed E-state index contributed by atoms with van der Waals surface area (Å²) in [6, 6.07) is 14.4.